The number of nitrogens with one attached hydrogen (secondary N) is 1. The molecular weight excluding hydrogens is 530 g/mol. The molecule has 4 aromatic rings. The molecule has 1 aromatic heterocycles. The lowest BCUT2D eigenvalue weighted by atomic mass is 10.1. The molecule has 3 aromatic carbocycles. The predicted octanol–water partition coefficient (Wildman–Crippen LogP) is 6.19. The molecule has 1 fully saturated rings. The molecule has 0 saturated carbocycles. The highest BCUT2D eigenvalue weighted by molar-refractivity contribution is 7.92. The number of ether oxygens (including phenoxy) is 1. The van der Waals surface area contributed by atoms with Crippen molar-refractivity contribution >= 4 is 59.9 Å². The van der Waals surface area contributed by atoms with E-state index in [1.54, 1.807) is 29.2 Å². The van der Waals surface area contributed by atoms with Gasteiger partial charge in [-0.1, -0.05) is 29.0 Å². The Morgan fingerprint density at radius 3 is 2.54 bits per heavy atom. The number of hydrogen-bond donors (Lipinski definition) is 1. The van der Waals surface area contributed by atoms with Crippen LogP contribution < -0.4 is 9.62 Å². The van der Waals surface area contributed by atoms with Gasteiger partial charge in [0.15, 0.2) is 5.13 Å². The summed E-state index contributed by atoms with van der Waals surface area (Å²) < 4.78 is 34.8. The molecule has 2 heterocycles. The summed E-state index contributed by atoms with van der Waals surface area (Å²) in [6.45, 7) is 5.16. The predicted molar refractivity (Wildman–Crippen MR) is 148 cm³/mol. The highest BCUT2D eigenvalue weighted by atomic mass is 35.5. The maximum absolute atomic E-state index is 13.7. The maximum Gasteiger partial charge on any atom is 0.261 e. The summed E-state index contributed by atoms with van der Waals surface area (Å²) >= 11 is 7.35. The van der Waals surface area contributed by atoms with Gasteiger partial charge in [0.05, 0.1) is 27.8 Å². The van der Waals surface area contributed by atoms with Gasteiger partial charge in [-0.05, 0) is 92.4 Å². The number of hydrogen-bond acceptors (Lipinski definition) is 6. The molecule has 7 nitrogen and oxygen atoms in total. The van der Waals surface area contributed by atoms with Crippen LogP contribution >= 0.6 is 22.9 Å². The van der Waals surface area contributed by atoms with Crippen molar-refractivity contribution < 1.29 is 17.9 Å². The fraction of sp³-hybridized carbons (Fsp3) is 0.259. The van der Waals surface area contributed by atoms with E-state index in [0.717, 1.165) is 34.2 Å². The molecular formula is C27H26ClN3O4S2. The van der Waals surface area contributed by atoms with E-state index in [1.165, 1.54) is 35.6 Å². The molecule has 1 saturated heterocycles. The average Bonchev–Trinajstić information content (AvgIpc) is 3.53. The summed E-state index contributed by atoms with van der Waals surface area (Å²) in [6.07, 6.45) is 1.80. The van der Waals surface area contributed by atoms with Gasteiger partial charge in [-0.25, -0.2) is 13.4 Å². The maximum atomic E-state index is 13.7. The van der Waals surface area contributed by atoms with Gasteiger partial charge in [0.1, 0.15) is 0 Å². The summed E-state index contributed by atoms with van der Waals surface area (Å²) in [4.78, 5) is 20.3. The van der Waals surface area contributed by atoms with Gasteiger partial charge < -0.3 is 4.74 Å². The Hall–Kier alpha value is -2.98. The van der Waals surface area contributed by atoms with Crippen molar-refractivity contribution in [1.82, 2.24) is 4.98 Å². The van der Waals surface area contributed by atoms with E-state index in [1.807, 2.05) is 13.8 Å². The quantitative estimate of drug-likeness (QED) is 0.293. The topological polar surface area (TPSA) is 88.6 Å². The van der Waals surface area contributed by atoms with Gasteiger partial charge in [0.2, 0.25) is 0 Å². The number of rotatable bonds is 7. The van der Waals surface area contributed by atoms with E-state index in [-0.39, 0.29) is 16.9 Å². The number of thiazole rings is 1. The number of anilines is 2. The fourth-order valence-electron chi connectivity index (χ4n) is 4.38. The van der Waals surface area contributed by atoms with Gasteiger partial charge in [-0.3, -0.25) is 14.4 Å². The molecule has 10 heteroatoms. The van der Waals surface area contributed by atoms with E-state index in [0.29, 0.717) is 34.6 Å². The van der Waals surface area contributed by atoms with Gasteiger partial charge in [-0.2, -0.15) is 0 Å². The lowest BCUT2D eigenvalue weighted by Crippen LogP contribution is -2.37. The van der Waals surface area contributed by atoms with Crippen LogP contribution in [0.5, 0.6) is 0 Å². The van der Waals surface area contributed by atoms with Crippen LogP contribution in [-0.2, 0) is 14.8 Å². The highest BCUT2D eigenvalue weighted by Crippen LogP contribution is 2.33. The van der Waals surface area contributed by atoms with Gasteiger partial charge in [-0.15, -0.1) is 0 Å². The molecule has 1 atom stereocenters. The van der Waals surface area contributed by atoms with Crippen molar-refractivity contribution in [2.75, 3.05) is 22.8 Å². The second-order valence-electron chi connectivity index (χ2n) is 9.11. The zero-order valence-corrected chi connectivity index (χ0v) is 22.8. The number of fused-ring (bicyclic) bond motifs is 1. The van der Waals surface area contributed by atoms with Crippen LogP contribution in [0.25, 0.3) is 10.2 Å². The van der Waals surface area contributed by atoms with Crippen LogP contribution in [0.3, 0.4) is 0 Å². The smallest absolute Gasteiger partial charge is 0.261 e. The lowest BCUT2D eigenvalue weighted by Gasteiger charge is -2.23. The number of benzene rings is 3. The highest BCUT2D eigenvalue weighted by Gasteiger charge is 2.27. The third kappa shape index (κ3) is 5.65. The molecule has 0 spiro atoms. The Balaban J connectivity index is 1.41. The molecule has 1 unspecified atom stereocenters. The standard InChI is InChI=1S/C27H26ClN3O4S2/c1-17-14-18(2)25-24(15-17)36-27(29-25)31(16-22-4-3-13-35-22)26(32)19-5-9-21(10-6-19)30-37(33,34)23-11-7-20(28)8-12-23/h5-12,14-15,22,30H,3-4,13,16H2,1-2H3. The number of amides is 1. The minimum absolute atomic E-state index is 0.0516. The molecule has 5 rings (SSSR count). The number of aromatic nitrogens is 1. The number of sulfonamides is 1. The SMILES string of the molecule is Cc1cc(C)c2nc(N(CC3CCCO3)C(=O)c3ccc(NS(=O)(=O)c4ccc(Cl)cc4)cc3)sc2c1. The Labute approximate surface area is 225 Å². The first-order valence-corrected chi connectivity index (χ1v) is 14.6. The van der Waals surface area contributed by atoms with Crippen molar-refractivity contribution in [3.8, 4) is 0 Å². The number of nitrogens with zero attached hydrogens (tertiary/aromatic N) is 2. The number of carbonyl (C=O) groups excluding carboxylic acids is 1. The zero-order chi connectivity index (χ0) is 26.2. The van der Waals surface area contributed by atoms with Crippen LogP contribution in [0.4, 0.5) is 10.8 Å². The lowest BCUT2D eigenvalue weighted by molar-refractivity contribution is 0.0917. The Bertz CT molecular complexity index is 1550. The summed E-state index contributed by atoms with van der Waals surface area (Å²) in [5, 5.41) is 1.07. The average molecular weight is 556 g/mol. The van der Waals surface area contributed by atoms with Gasteiger partial charge >= 0.3 is 0 Å². The molecule has 0 bridgehead atoms. The van der Waals surface area contributed by atoms with Crippen LogP contribution in [0.15, 0.2) is 65.6 Å². The molecule has 0 radical (unpaired) electrons. The van der Waals surface area contributed by atoms with Crippen LogP contribution in [-0.4, -0.2) is 38.6 Å². The van der Waals surface area contributed by atoms with Crippen molar-refractivity contribution in [2.45, 2.75) is 37.7 Å². The van der Waals surface area contributed by atoms with Crippen molar-refractivity contribution in [3.05, 3.63) is 82.4 Å². The monoisotopic (exact) mass is 555 g/mol. The van der Waals surface area contributed by atoms with E-state index in [4.69, 9.17) is 21.3 Å². The third-order valence-electron chi connectivity index (χ3n) is 6.21. The summed E-state index contributed by atoms with van der Waals surface area (Å²) in [5.74, 6) is -0.212. The molecule has 192 valence electrons. The van der Waals surface area contributed by atoms with Crippen molar-refractivity contribution in [2.24, 2.45) is 0 Å². The first-order chi connectivity index (χ1) is 17.7. The fourth-order valence-corrected chi connectivity index (χ4v) is 6.71. The molecule has 1 N–H and O–H groups in total. The van der Waals surface area contributed by atoms with E-state index in [9.17, 15) is 13.2 Å². The Morgan fingerprint density at radius 1 is 1.14 bits per heavy atom. The largest absolute Gasteiger partial charge is 0.376 e. The van der Waals surface area contributed by atoms with Crippen LogP contribution in [0, 0.1) is 13.8 Å². The number of aryl methyl sites for hydroxylation is 2. The molecule has 1 aliphatic rings. The first-order valence-electron chi connectivity index (χ1n) is 11.9. The minimum Gasteiger partial charge on any atom is -0.376 e. The summed E-state index contributed by atoms with van der Waals surface area (Å²) in [7, 11) is -3.79. The van der Waals surface area contributed by atoms with E-state index >= 15 is 0 Å². The summed E-state index contributed by atoms with van der Waals surface area (Å²) in [6, 6.07) is 16.5. The second kappa shape index (κ2) is 10.4. The molecule has 37 heavy (non-hydrogen) atoms. The van der Waals surface area contributed by atoms with Gasteiger partial charge in [0.25, 0.3) is 15.9 Å². The van der Waals surface area contributed by atoms with Crippen molar-refractivity contribution in [1.29, 1.82) is 0 Å². The zero-order valence-electron chi connectivity index (χ0n) is 20.4. The Morgan fingerprint density at radius 2 is 1.86 bits per heavy atom. The number of halogens is 1. The minimum atomic E-state index is -3.79. The molecule has 1 amide bonds. The van der Waals surface area contributed by atoms with Gasteiger partial charge in [0, 0.05) is 22.9 Å². The van der Waals surface area contributed by atoms with E-state index < -0.39 is 10.0 Å². The first kappa shape index (κ1) is 25.7. The number of carbonyl (C=O) groups is 1. The third-order valence-corrected chi connectivity index (χ3v) is 8.89. The molecule has 0 aliphatic carbocycles. The normalized spacial score (nSPS) is 15.7. The van der Waals surface area contributed by atoms with E-state index in [2.05, 4.69) is 16.9 Å². The Kier molecular flexibility index (Phi) is 7.22. The van der Waals surface area contributed by atoms with Crippen LogP contribution in [0.1, 0.15) is 34.3 Å². The van der Waals surface area contributed by atoms with Crippen LogP contribution in [0.2, 0.25) is 5.02 Å². The van der Waals surface area contributed by atoms with Crippen molar-refractivity contribution in [3.63, 3.8) is 0 Å². The summed E-state index contributed by atoms with van der Waals surface area (Å²) in [5.41, 5.74) is 3.89. The molecule has 1 aliphatic heterocycles. The second-order valence-corrected chi connectivity index (χ2v) is 12.2.